The predicted molar refractivity (Wildman–Crippen MR) is 107 cm³/mol. The number of rotatable bonds is 5. The zero-order chi connectivity index (χ0) is 19.7. The smallest absolute Gasteiger partial charge is 0.321 e. The SMILES string of the molecule is CCCC(C)c1cnc2nn(-c3cc(NC(=O)N4CCC4)ccc3F)cc2c1. The zero-order valence-corrected chi connectivity index (χ0v) is 16.2. The average Bonchev–Trinajstić information content (AvgIpc) is 3.05. The lowest BCUT2D eigenvalue weighted by molar-refractivity contribution is 0.181. The number of benzene rings is 1. The van der Waals surface area contributed by atoms with E-state index in [1.54, 1.807) is 23.2 Å². The van der Waals surface area contributed by atoms with Crippen molar-refractivity contribution in [2.24, 2.45) is 0 Å². The lowest BCUT2D eigenvalue weighted by Gasteiger charge is -2.30. The predicted octanol–water partition coefficient (Wildman–Crippen LogP) is 4.70. The van der Waals surface area contributed by atoms with E-state index in [-0.39, 0.29) is 11.7 Å². The maximum atomic E-state index is 14.5. The number of aromatic nitrogens is 3. The van der Waals surface area contributed by atoms with Gasteiger partial charge in [0.05, 0.1) is 0 Å². The van der Waals surface area contributed by atoms with Crippen molar-refractivity contribution in [3.05, 3.63) is 48.0 Å². The third kappa shape index (κ3) is 3.56. The number of urea groups is 1. The summed E-state index contributed by atoms with van der Waals surface area (Å²) in [5.41, 5.74) is 2.55. The Hall–Kier alpha value is -2.96. The van der Waals surface area contributed by atoms with Gasteiger partial charge in [-0.3, -0.25) is 0 Å². The number of hydrogen-bond donors (Lipinski definition) is 1. The van der Waals surface area contributed by atoms with E-state index in [0.717, 1.165) is 43.3 Å². The molecule has 2 amide bonds. The number of likely N-dealkylation sites (tertiary alicyclic amines) is 1. The summed E-state index contributed by atoms with van der Waals surface area (Å²) in [6.07, 6.45) is 6.85. The molecule has 0 bridgehead atoms. The van der Waals surface area contributed by atoms with Gasteiger partial charge < -0.3 is 10.2 Å². The Bertz CT molecular complexity index is 1010. The van der Waals surface area contributed by atoms with Gasteiger partial charge in [-0.1, -0.05) is 20.3 Å². The minimum Gasteiger partial charge on any atom is -0.324 e. The van der Waals surface area contributed by atoms with E-state index < -0.39 is 5.82 Å². The molecular weight excluding hydrogens is 357 g/mol. The Morgan fingerprint density at radius 3 is 2.86 bits per heavy atom. The molecule has 3 aromatic rings. The fraction of sp³-hybridized carbons (Fsp3) is 0.381. The number of nitrogens with zero attached hydrogens (tertiary/aromatic N) is 4. The van der Waals surface area contributed by atoms with Gasteiger partial charge in [0.15, 0.2) is 5.65 Å². The van der Waals surface area contributed by atoms with Gasteiger partial charge in [-0.15, -0.1) is 5.10 Å². The molecule has 1 aliphatic heterocycles. The van der Waals surface area contributed by atoms with Crippen LogP contribution in [0.4, 0.5) is 14.9 Å². The molecule has 1 aliphatic rings. The van der Waals surface area contributed by atoms with Crippen LogP contribution in [-0.2, 0) is 0 Å². The normalized spacial score (nSPS) is 14.8. The first-order valence-electron chi connectivity index (χ1n) is 9.76. The van der Waals surface area contributed by atoms with Crippen LogP contribution in [0.1, 0.15) is 44.6 Å². The first-order valence-corrected chi connectivity index (χ1v) is 9.76. The number of halogens is 1. The first-order chi connectivity index (χ1) is 13.5. The van der Waals surface area contributed by atoms with E-state index in [4.69, 9.17) is 0 Å². The van der Waals surface area contributed by atoms with Gasteiger partial charge in [0.2, 0.25) is 0 Å². The van der Waals surface area contributed by atoms with Crippen LogP contribution in [0.2, 0.25) is 0 Å². The number of amides is 2. The monoisotopic (exact) mass is 381 g/mol. The highest BCUT2D eigenvalue weighted by atomic mass is 19.1. The van der Waals surface area contributed by atoms with Crippen LogP contribution in [-0.4, -0.2) is 38.8 Å². The van der Waals surface area contributed by atoms with Crippen molar-refractivity contribution in [2.45, 2.75) is 39.0 Å². The molecule has 1 atom stereocenters. The molecule has 0 radical (unpaired) electrons. The number of nitrogens with one attached hydrogen (secondary N) is 1. The third-order valence-electron chi connectivity index (χ3n) is 5.26. The molecule has 1 aromatic carbocycles. The summed E-state index contributed by atoms with van der Waals surface area (Å²) in [7, 11) is 0. The molecule has 0 aliphatic carbocycles. The second-order valence-electron chi connectivity index (χ2n) is 7.38. The number of fused-ring (bicyclic) bond motifs is 1. The molecule has 0 spiro atoms. The van der Waals surface area contributed by atoms with Crippen molar-refractivity contribution in [1.82, 2.24) is 19.7 Å². The summed E-state index contributed by atoms with van der Waals surface area (Å²) in [4.78, 5) is 18.3. The maximum absolute atomic E-state index is 14.5. The summed E-state index contributed by atoms with van der Waals surface area (Å²) < 4.78 is 15.9. The second-order valence-corrected chi connectivity index (χ2v) is 7.38. The van der Waals surface area contributed by atoms with E-state index >= 15 is 0 Å². The highest BCUT2D eigenvalue weighted by Gasteiger charge is 2.20. The molecule has 7 heteroatoms. The first kappa shape index (κ1) is 18.4. The Morgan fingerprint density at radius 2 is 2.14 bits per heavy atom. The molecule has 1 fully saturated rings. The van der Waals surface area contributed by atoms with Crippen LogP contribution in [0.25, 0.3) is 16.7 Å². The van der Waals surface area contributed by atoms with Crippen molar-refractivity contribution < 1.29 is 9.18 Å². The van der Waals surface area contributed by atoms with Crippen molar-refractivity contribution in [3.63, 3.8) is 0 Å². The molecule has 2 aromatic heterocycles. The van der Waals surface area contributed by atoms with Gasteiger partial charge in [0.25, 0.3) is 0 Å². The zero-order valence-electron chi connectivity index (χ0n) is 16.2. The average molecular weight is 381 g/mol. The molecular formula is C21H24FN5O. The number of pyridine rings is 1. The van der Waals surface area contributed by atoms with E-state index in [1.165, 1.54) is 10.7 Å². The molecule has 6 nitrogen and oxygen atoms in total. The molecule has 146 valence electrons. The lowest BCUT2D eigenvalue weighted by Crippen LogP contribution is -2.44. The number of carbonyl (C=O) groups is 1. The summed E-state index contributed by atoms with van der Waals surface area (Å²) in [5, 5.41) is 8.10. The standard InChI is InChI=1S/C21H24FN5O/c1-3-5-14(2)15-10-16-13-27(25-20(16)23-12-15)19-11-17(6-7-18(19)22)24-21(28)26-8-4-9-26/h6-7,10-14H,3-5,8-9H2,1-2H3,(H,24,28). The van der Waals surface area contributed by atoms with Crippen LogP contribution >= 0.6 is 0 Å². The number of hydrogen-bond acceptors (Lipinski definition) is 3. The number of anilines is 1. The van der Waals surface area contributed by atoms with Gasteiger partial charge in [0.1, 0.15) is 11.5 Å². The highest BCUT2D eigenvalue weighted by molar-refractivity contribution is 5.90. The van der Waals surface area contributed by atoms with Crippen LogP contribution < -0.4 is 5.32 Å². The third-order valence-corrected chi connectivity index (χ3v) is 5.26. The van der Waals surface area contributed by atoms with Crippen molar-refractivity contribution in [1.29, 1.82) is 0 Å². The second kappa shape index (κ2) is 7.58. The Balaban J connectivity index is 1.63. The van der Waals surface area contributed by atoms with Gasteiger partial charge in [0, 0.05) is 36.6 Å². The van der Waals surface area contributed by atoms with Gasteiger partial charge in [-0.25, -0.2) is 18.9 Å². The van der Waals surface area contributed by atoms with Gasteiger partial charge >= 0.3 is 6.03 Å². The Kier molecular flexibility index (Phi) is 4.98. The van der Waals surface area contributed by atoms with Crippen LogP contribution in [0.15, 0.2) is 36.7 Å². The molecule has 1 unspecified atom stereocenters. The van der Waals surface area contributed by atoms with Crippen molar-refractivity contribution in [3.8, 4) is 5.69 Å². The largest absolute Gasteiger partial charge is 0.324 e. The topological polar surface area (TPSA) is 63.1 Å². The minimum absolute atomic E-state index is 0.161. The molecule has 4 rings (SSSR count). The number of carbonyl (C=O) groups excluding carboxylic acids is 1. The molecule has 0 saturated carbocycles. The van der Waals surface area contributed by atoms with Gasteiger partial charge in [-0.2, -0.15) is 0 Å². The van der Waals surface area contributed by atoms with E-state index in [0.29, 0.717) is 17.3 Å². The molecule has 28 heavy (non-hydrogen) atoms. The van der Waals surface area contributed by atoms with Crippen molar-refractivity contribution in [2.75, 3.05) is 18.4 Å². The Labute approximate surface area is 163 Å². The summed E-state index contributed by atoms with van der Waals surface area (Å²) >= 11 is 0. The van der Waals surface area contributed by atoms with Crippen LogP contribution in [0.3, 0.4) is 0 Å². The van der Waals surface area contributed by atoms with Crippen LogP contribution in [0.5, 0.6) is 0 Å². The lowest BCUT2D eigenvalue weighted by atomic mass is 9.98. The van der Waals surface area contributed by atoms with Gasteiger partial charge in [-0.05, 0) is 48.6 Å². The van der Waals surface area contributed by atoms with Crippen LogP contribution in [0, 0.1) is 5.82 Å². The highest BCUT2D eigenvalue weighted by Crippen LogP contribution is 2.25. The molecule has 3 heterocycles. The Morgan fingerprint density at radius 1 is 1.32 bits per heavy atom. The summed E-state index contributed by atoms with van der Waals surface area (Å²) in [6.45, 7) is 5.86. The summed E-state index contributed by atoms with van der Waals surface area (Å²) in [6, 6.07) is 6.41. The fourth-order valence-corrected chi connectivity index (χ4v) is 3.41. The van der Waals surface area contributed by atoms with Crippen molar-refractivity contribution >= 4 is 22.8 Å². The molecule has 1 saturated heterocycles. The van der Waals surface area contributed by atoms with E-state index in [2.05, 4.69) is 35.3 Å². The van der Waals surface area contributed by atoms with E-state index in [1.807, 2.05) is 6.20 Å². The maximum Gasteiger partial charge on any atom is 0.321 e. The summed E-state index contributed by atoms with van der Waals surface area (Å²) in [5.74, 6) is 0.0105. The molecule has 1 N–H and O–H groups in total. The van der Waals surface area contributed by atoms with E-state index in [9.17, 15) is 9.18 Å². The minimum atomic E-state index is -0.408. The quantitative estimate of drug-likeness (QED) is 0.697. The fourth-order valence-electron chi connectivity index (χ4n) is 3.41.